The summed E-state index contributed by atoms with van der Waals surface area (Å²) in [5.74, 6) is -0.0387. The fraction of sp³-hybridized carbons (Fsp3) is 0.308. The Morgan fingerprint density at radius 2 is 1.94 bits per heavy atom. The molecule has 1 heterocycles. The van der Waals surface area contributed by atoms with E-state index in [1.54, 1.807) is 12.1 Å². The van der Waals surface area contributed by atoms with Crippen molar-refractivity contribution in [2.45, 2.75) is 26.3 Å². The van der Waals surface area contributed by atoms with E-state index in [1.165, 1.54) is 16.8 Å². The van der Waals surface area contributed by atoms with Crippen LogP contribution in [0.3, 0.4) is 0 Å². The molecule has 18 heavy (non-hydrogen) atoms. The predicted octanol–water partition coefficient (Wildman–Crippen LogP) is 3.25. The number of hydrogen-bond donors (Lipinski definition) is 1. The summed E-state index contributed by atoms with van der Waals surface area (Å²) in [4.78, 5) is 12.0. The minimum Gasteiger partial charge on any atom is -0.298 e. The molecule has 0 spiro atoms. The number of halogens is 2. The van der Waals surface area contributed by atoms with Crippen LogP contribution in [0.15, 0.2) is 33.5 Å². The van der Waals surface area contributed by atoms with Crippen molar-refractivity contribution in [1.82, 2.24) is 9.78 Å². The molecule has 1 N–H and O–H groups in total. The van der Waals surface area contributed by atoms with Gasteiger partial charge in [-0.15, -0.1) is 0 Å². The summed E-state index contributed by atoms with van der Waals surface area (Å²) in [5.41, 5.74) is 1.66. The average molecular weight is 313 g/mol. The monoisotopic (exact) mass is 312 g/mol. The molecule has 2 rings (SSSR count). The molecule has 0 radical (unpaired) electrons. The topological polar surface area (TPSA) is 37.8 Å². The van der Waals surface area contributed by atoms with Crippen LogP contribution >= 0.6 is 15.9 Å². The van der Waals surface area contributed by atoms with E-state index < -0.39 is 0 Å². The average Bonchev–Trinajstić information content (AvgIpc) is 2.60. The molecule has 96 valence electrons. The number of hydrogen-bond acceptors (Lipinski definition) is 1. The Balaban J connectivity index is 2.32. The normalized spacial score (nSPS) is 11.2. The van der Waals surface area contributed by atoms with Gasteiger partial charge < -0.3 is 0 Å². The second kappa shape index (κ2) is 5.10. The van der Waals surface area contributed by atoms with Gasteiger partial charge in [0, 0.05) is 0 Å². The van der Waals surface area contributed by atoms with Gasteiger partial charge in [0.2, 0.25) is 0 Å². The summed E-state index contributed by atoms with van der Waals surface area (Å²) in [6, 6.07) is 6.13. The van der Waals surface area contributed by atoms with Crippen molar-refractivity contribution >= 4 is 15.9 Å². The Kier molecular flexibility index (Phi) is 3.71. The van der Waals surface area contributed by atoms with Crippen molar-refractivity contribution in [3.8, 4) is 0 Å². The summed E-state index contributed by atoms with van der Waals surface area (Å²) in [5, 5.41) is 3.08. The highest BCUT2D eigenvalue weighted by atomic mass is 79.9. The number of nitrogens with one attached hydrogen (secondary N) is 1. The van der Waals surface area contributed by atoms with Crippen LogP contribution in [0.4, 0.5) is 4.39 Å². The summed E-state index contributed by atoms with van der Waals surface area (Å²) in [6.07, 6.45) is 0. The molecule has 0 aliphatic carbocycles. The molecule has 0 aliphatic heterocycles. The predicted molar refractivity (Wildman–Crippen MR) is 72.3 cm³/mol. The first kappa shape index (κ1) is 13.1. The zero-order valence-electron chi connectivity index (χ0n) is 10.2. The maximum absolute atomic E-state index is 12.8. The Morgan fingerprint density at radius 1 is 1.33 bits per heavy atom. The molecule has 1 aromatic carbocycles. The SMILES string of the molecule is CC(C)c1[nH]n(Cc2ccc(F)cc2)c(=O)c1Br. The molecule has 0 atom stereocenters. The van der Waals surface area contributed by atoms with Crippen LogP contribution in [-0.4, -0.2) is 9.78 Å². The van der Waals surface area contributed by atoms with E-state index in [0.29, 0.717) is 11.0 Å². The zero-order chi connectivity index (χ0) is 13.3. The van der Waals surface area contributed by atoms with Gasteiger partial charge in [0.05, 0.1) is 12.2 Å². The van der Waals surface area contributed by atoms with Gasteiger partial charge >= 0.3 is 0 Å². The van der Waals surface area contributed by atoms with E-state index in [9.17, 15) is 9.18 Å². The van der Waals surface area contributed by atoms with Gasteiger partial charge in [0.1, 0.15) is 10.3 Å². The summed E-state index contributed by atoms with van der Waals surface area (Å²) >= 11 is 3.30. The standard InChI is InChI=1S/C13H14BrFN2O/c1-8(2)12-11(14)13(18)17(16-12)7-9-3-5-10(15)6-4-9/h3-6,8,16H,7H2,1-2H3. The molecule has 0 amide bonds. The number of aromatic amines is 1. The molecular formula is C13H14BrFN2O. The van der Waals surface area contributed by atoms with Gasteiger partial charge in [-0.05, 0) is 39.5 Å². The fourth-order valence-electron chi connectivity index (χ4n) is 1.75. The lowest BCUT2D eigenvalue weighted by atomic mass is 10.1. The van der Waals surface area contributed by atoms with Crippen LogP contribution < -0.4 is 5.56 Å². The molecule has 0 aliphatic rings. The molecule has 0 saturated carbocycles. The van der Waals surface area contributed by atoms with Crippen LogP contribution in [0.25, 0.3) is 0 Å². The first-order valence-electron chi connectivity index (χ1n) is 5.71. The van der Waals surface area contributed by atoms with Gasteiger partial charge in [-0.2, -0.15) is 0 Å². The van der Waals surface area contributed by atoms with Crippen LogP contribution in [0, 0.1) is 5.82 Å². The van der Waals surface area contributed by atoms with Gasteiger partial charge in [0.15, 0.2) is 0 Å². The highest BCUT2D eigenvalue weighted by Gasteiger charge is 2.14. The third-order valence-electron chi connectivity index (χ3n) is 2.76. The Labute approximate surface area is 113 Å². The zero-order valence-corrected chi connectivity index (χ0v) is 11.8. The largest absolute Gasteiger partial charge is 0.298 e. The van der Waals surface area contributed by atoms with E-state index in [1.807, 2.05) is 13.8 Å². The summed E-state index contributed by atoms with van der Waals surface area (Å²) in [7, 11) is 0. The second-order valence-corrected chi connectivity index (χ2v) is 5.30. The van der Waals surface area contributed by atoms with Crippen LogP contribution in [0.2, 0.25) is 0 Å². The summed E-state index contributed by atoms with van der Waals surface area (Å²) in [6.45, 7) is 4.43. The molecule has 0 saturated heterocycles. The van der Waals surface area contributed by atoms with Crippen molar-refractivity contribution in [2.24, 2.45) is 0 Å². The van der Waals surface area contributed by atoms with Crippen molar-refractivity contribution in [2.75, 3.05) is 0 Å². The van der Waals surface area contributed by atoms with Crippen LogP contribution in [-0.2, 0) is 6.54 Å². The van der Waals surface area contributed by atoms with Gasteiger partial charge in [-0.1, -0.05) is 26.0 Å². The van der Waals surface area contributed by atoms with Crippen molar-refractivity contribution in [1.29, 1.82) is 0 Å². The number of rotatable bonds is 3. The highest BCUT2D eigenvalue weighted by Crippen LogP contribution is 2.19. The molecule has 0 unspecified atom stereocenters. The van der Waals surface area contributed by atoms with Crippen LogP contribution in [0.1, 0.15) is 31.0 Å². The number of benzene rings is 1. The Morgan fingerprint density at radius 3 is 2.44 bits per heavy atom. The molecule has 2 aromatic rings. The molecular weight excluding hydrogens is 299 g/mol. The minimum absolute atomic E-state index is 0.0944. The molecule has 3 nitrogen and oxygen atoms in total. The van der Waals surface area contributed by atoms with Crippen molar-refractivity contribution < 1.29 is 4.39 Å². The lowest BCUT2D eigenvalue weighted by Crippen LogP contribution is -2.17. The first-order valence-corrected chi connectivity index (χ1v) is 6.51. The molecule has 1 aromatic heterocycles. The smallest absolute Gasteiger partial charge is 0.281 e. The van der Waals surface area contributed by atoms with E-state index in [-0.39, 0.29) is 17.3 Å². The third kappa shape index (κ3) is 2.56. The van der Waals surface area contributed by atoms with Crippen molar-refractivity contribution in [3.63, 3.8) is 0 Å². The van der Waals surface area contributed by atoms with E-state index >= 15 is 0 Å². The molecule has 5 heteroatoms. The number of H-pyrrole nitrogens is 1. The van der Waals surface area contributed by atoms with Gasteiger partial charge in [0.25, 0.3) is 5.56 Å². The fourth-order valence-corrected chi connectivity index (χ4v) is 2.51. The van der Waals surface area contributed by atoms with E-state index in [2.05, 4.69) is 21.0 Å². The molecule has 0 fully saturated rings. The number of nitrogens with zero attached hydrogens (tertiary/aromatic N) is 1. The lowest BCUT2D eigenvalue weighted by Gasteiger charge is -2.04. The third-order valence-corrected chi connectivity index (χ3v) is 3.52. The van der Waals surface area contributed by atoms with Crippen LogP contribution in [0.5, 0.6) is 0 Å². The maximum Gasteiger partial charge on any atom is 0.281 e. The Hall–Kier alpha value is -1.36. The quantitative estimate of drug-likeness (QED) is 0.928. The van der Waals surface area contributed by atoms with Gasteiger partial charge in [-0.25, -0.2) is 9.07 Å². The second-order valence-electron chi connectivity index (χ2n) is 4.51. The number of aromatic nitrogens is 2. The lowest BCUT2D eigenvalue weighted by molar-refractivity contribution is 0.619. The summed E-state index contributed by atoms with van der Waals surface area (Å²) < 4.78 is 14.9. The van der Waals surface area contributed by atoms with E-state index in [4.69, 9.17) is 0 Å². The Bertz CT molecular complexity index is 598. The first-order chi connectivity index (χ1) is 8.49. The van der Waals surface area contributed by atoms with Crippen molar-refractivity contribution in [3.05, 3.63) is 56.2 Å². The van der Waals surface area contributed by atoms with E-state index in [0.717, 1.165) is 11.3 Å². The molecule has 0 bridgehead atoms. The van der Waals surface area contributed by atoms with Gasteiger partial charge in [-0.3, -0.25) is 9.89 Å². The maximum atomic E-state index is 12.8. The minimum atomic E-state index is -0.276. The highest BCUT2D eigenvalue weighted by molar-refractivity contribution is 9.10.